The summed E-state index contributed by atoms with van der Waals surface area (Å²) in [5.74, 6) is 0.571. The van der Waals surface area contributed by atoms with E-state index >= 15 is 0 Å². The van der Waals surface area contributed by atoms with E-state index in [0.29, 0.717) is 22.8 Å². The fourth-order valence-electron chi connectivity index (χ4n) is 3.76. The van der Waals surface area contributed by atoms with Gasteiger partial charge in [0.05, 0.1) is 11.3 Å². The van der Waals surface area contributed by atoms with Gasteiger partial charge in [0, 0.05) is 12.6 Å². The van der Waals surface area contributed by atoms with Gasteiger partial charge in [-0.05, 0) is 44.4 Å². The Labute approximate surface area is 182 Å². The lowest BCUT2D eigenvalue weighted by Gasteiger charge is -2.33. The van der Waals surface area contributed by atoms with Crippen LogP contribution in [0.5, 0.6) is 5.75 Å². The Kier molecular flexibility index (Phi) is 5.70. The number of halogens is 3. The molecule has 1 aliphatic heterocycles. The van der Waals surface area contributed by atoms with E-state index in [0.717, 1.165) is 11.1 Å². The van der Waals surface area contributed by atoms with E-state index < -0.39 is 18.1 Å². The molecule has 0 saturated carbocycles. The molecular formula is C22H23F3N4O3. The van der Waals surface area contributed by atoms with E-state index in [9.17, 15) is 18.0 Å². The number of hydrogen-bond acceptors (Lipinski definition) is 5. The molecule has 1 amide bonds. The van der Waals surface area contributed by atoms with Gasteiger partial charge in [0.15, 0.2) is 11.7 Å². The van der Waals surface area contributed by atoms with Crippen molar-refractivity contribution in [2.45, 2.75) is 52.4 Å². The number of amides is 1. The average Bonchev–Trinajstić information content (AvgIpc) is 3.32. The summed E-state index contributed by atoms with van der Waals surface area (Å²) >= 11 is 0. The van der Waals surface area contributed by atoms with Gasteiger partial charge in [-0.15, -0.1) is 0 Å². The minimum Gasteiger partial charge on any atom is -0.489 e. The summed E-state index contributed by atoms with van der Waals surface area (Å²) in [7, 11) is 0. The van der Waals surface area contributed by atoms with Crippen LogP contribution in [0.25, 0.3) is 0 Å². The Balaban J connectivity index is 1.58. The molecule has 170 valence electrons. The number of anilines is 1. The Morgan fingerprint density at radius 3 is 2.62 bits per heavy atom. The molecule has 1 aliphatic rings. The molecule has 7 nitrogen and oxygen atoms in total. The maximum atomic E-state index is 13.4. The number of aromatic nitrogens is 3. The summed E-state index contributed by atoms with van der Waals surface area (Å²) in [5.41, 5.74) is 2.03. The second-order valence-electron chi connectivity index (χ2n) is 7.74. The van der Waals surface area contributed by atoms with Gasteiger partial charge in [-0.25, -0.2) is 4.68 Å². The number of benzene rings is 1. The molecule has 10 heteroatoms. The molecule has 3 heterocycles. The van der Waals surface area contributed by atoms with Gasteiger partial charge in [-0.1, -0.05) is 24.2 Å². The van der Waals surface area contributed by atoms with Gasteiger partial charge in [-0.3, -0.25) is 9.69 Å². The van der Waals surface area contributed by atoms with Crippen molar-refractivity contribution in [3.05, 3.63) is 58.6 Å². The smallest absolute Gasteiger partial charge is 0.410 e. The maximum absolute atomic E-state index is 13.4. The molecule has 0 bridgehead atoms. The monoisotopic (exact) mass is 448 g/mol. The van der Waals surface area contributed by atoms with Gasteiger partial charge < -0.3 is 9.26 Å². The first-order valence-electron chi connectivity index (χ1n) is 10.3. The van der Waals surface area contributed by atoms with E-state index in [1.54, 1.807) is 13.8 Å². The molecular weight excluding hydrogens is 425 g/mol. The molecule has 32 heavy (non-hydrogen) atoms. The largest absolute Gasteiger partial charge is 0.489 e. The number of carbonyl (C=O) groups excluding carboxylic acids is 1. The zero-order chi connectivity index (χ0) is 23.0. The van der Waals surface area contributed by atoms with Crippen molar-refractivity contribution < 1.29 is 27.2 Å². The van der Waals surface area contributed by atoms with E-state index in [1.807, 2.05) is 24.3 Å². The number of fused-ring (bicyclic) bond motifs is 1. The molecule has 0 radical (unpaired) electrons. The molecule has 0 fully saturated rings. The van der Waals surface area contributed by atoms with Crippen molar-refractivity contribution in [2.24, 2.45) is 0 Å². The van der Waals surface area contributed by atoms with Gasteiger partial charge in [0.2, 0.25) is 0 Å². The van der Waals surface area contributed by atoms with Crippen LogP contribution in [0.3, 0.4) is 0 Å². The Morgan fingerprint density at radius 1 is 1.25 bits per heavy atom. The lowest BCUT2D eigenvalue weighted by atomic mass is 10.1. The molecule has 1 atom stereocenters. The van der Waals surface area contributed by atoms with Crippen LogP contribution in [0, 0.1) is 13.8 Å². The Hall–Kier alpha value is -3.30. The van der Waals surface area contributed by atoms with Crippen molar-refractivity contribution in [3.8, 4) is 5.75 Å². The van der Waals surface area contributed by atoms with Gasteiger partial charge in [-0.2, -0.15) is 18.3 Å². The summed E-state index contributed by atoms with van der Waals surface area (Å²) in [6.45, 7) is 5.23. The normalized spacial score (nSPS) is 16.2. The number of alkyl halides is 3. The van der Waals surface area contributed by atoms with Crippen molar-refractivity contribution >= 4 is 11.7 Å². The standard InChI is InChI=1S/C22H23F3N4O3/c1-4-15-5-7-16(8-6-15)31-12-17-14(3)32-27-20(17)21(30)28-10-9-18(22(23,24)25)29-19(28)11-13(2)26-29/h5-8,11,18H,4,9-10,12H2,1-3H3. The summed E-state index contributed by atoms with van der Waals surface area (Å²) < 4.78 is 52.2. The number of nitrogens with zero attached hydrogens (tertiary/aromatic N) is 4. The summed E-state index contributed by atoms with van der Waals surface area (Å²) in [5, 5.41) is 7.86. The number of aryl methyl sites for hydroxylation is 3. The number of hydrogen-bond donors (Lipinski definition) is 0. The summed E-state index contributed by atoms with van der Waals surface area (Å²) in [6.07, 6.45) is -3.85. The third kappa shape index (κ3) is 4.09. The van der Waals surface area contributed by atoms with Crippen LogP contribution in [-0.2, 0) is 13.0 Å². The molecule has 0 spiro atoms. The van der Waals surface area contributed by atoms with E-state index in [-0.39, 0.29) is 31.1 Å². The second-order valence-corrected chi connectivity index (χ2v) is 7.74. The second kappa shape index (κ2) is 8.33. The highest BCUT2D eigenvalue weighted by molar-refractivity contribution is 6.05. The van der Waals surface area contributed by atoms with Crippen LogP contribution in [-0.4, -0.2) is 33.6 Å². The first-order chi connectivity index (χ1) is 15.2. The van der Waals surface area contributed by atoms with Crippen LogP contribution in [0.4, 0.5) is 19.0 Å². The number of ether oxygens (including phenoxy) is 1. The van der Waals surface area contributed by atoms with Crippen LogP contribution < -0.4 is 9.64 Å². The average molecular weight is 448 g/mol. The zero-order valence-corrected chi connectivity index (χ0v) is 17.9. The number of carbonyl (C=O) groups is 1. The fourth-order valence-corrected chi connectivity index (χ4v) is 3.76. The van der Waals surface area contributed by atoms with E-state index in [1.165, 1.54) is 16.5 Å². The molecule has 1 unspecified atom stereocenters. The lowest BCUT2D eigenvalue weighted by molar-refractivity contribution is -0.172. The maximum Gasteiger partial charge on any atom is 0.410 e. The zero-order valence-electron chi connectivity index (χ0n) is 17.9. The van der Waals surface area contributed by atoms with Gasteiger partial charge in [0.1, 0.15) is 23.9 Å². The van der Waals surface area contributed by atoms with Crippen LogP contribution in [0.15, 0.2) is 34.9 Å². The molecule has 1 aromatic carbocycles. The SMILES string of the molecule is CCc1ccc(OCc2c(C(=O)N3CCC(C(F)(F)F)n4nc(C)cc43)noc2C)cc1. The molecule has 0 aliphatic carbocycles. The van der Waals surface area contributed by atoms with Crippen LogP contribution in [0.1, 0.15) is 52.5 Å². The van der Waals surface area contributed by atoms with Crippen molar-refractivity contribution in [3.63, 3.8) is 0 Å². The van der Waals surface area contributed by atoms with Crippen LogP contribution in [0.2, 0.25) is 0 Å². The first kappa shape index (κ1) is 21.9. The minimum absolute atomic E-state index is 0.0172. The van der Waals surface area contributed by atoms with Crippen molar-refractivity contribution in [1.29, 1.82) is 0 Å². The highest BCUT2D eigenvalue weighted by atomic mass is 19.4. The van der Waals surface area contributed by atoms with Crippen molar-refractivity contribution in [2.75, 3.05) is 11.4 Å². The molecule has 0 N–H and O–H groups in total. The molecule has 3 aromatic rings. The van der Waals surface area contributed by atoms with Gasteiger partial charge in [0.25, 0.3) is 5.91 Å². The predicted octanol–water partition coefficient (Wildman–Crippen LogP) is 4.78. The quantitative estimate of drug-likeness (QED) is 0.562. The molecule has 4 rings (SSSR count). The predicted molar refractivity (Wildman–Crippen MR) is 110 cm³/mol. The molecule has 0 saturated heterocycles. The number of rotatable bonds is 5. The first-order valence-corrected chi connectivity index (χ1v) is 10.3. The Morgan fingerprint density at radius 2 is 1.97 bits per heavy atom. The molecule has 2 aromatic heterocycles. The third-order valence-electron chi connectivity index (χ3n) is 5.56. The van der Waals surface area contributed by atoms with Crippen molar-refractivity contribution in [1.82, 2.24) is 14.9 Å². The topological polar surface area (TPSA) is 73.4 Å². The fraction of sp³-hybridized carbons (Fsp3) is 0.409. The van der Waals surface area contributed by atoms with E-state index in [4.69, 9.17) is 9.26 Å². The minimum atomic E-state index is -4.46. The van der Waals surface area contributed by atoms with E-state index in [2.05, 4.69) is 17.2 Å². The van der Waals surface area contributed by atoms with Crippen LogP contribution >= 0.6 is 0 Å². The van der Waals surface area contributed by atoms with Gasteiger partial charge >= 0.3 is 6.18 Å². The summed E-state index contributed by atoms with van der Waals surface area (Å²) in [6, 6.07) is 7.28. The highest BCUT2D eigenvalue weighted by Crippen LogP contribution is 2.40. The third-order valence-corrected chi connectivity index (χ3v) is 5.56. The summed E-state index contributed by atoms with van der Waals surface area (Å²) in [4.78, 5) is 14.5. The lowest BCUT2D eigenvalue weighted by Crippen LogP contribution is -2.43. The highest BCUT2D eigenvalue weighted by Gasteiger charge is 2.46. The Bertz CT molecular complexity index is 1120.